The number of carboxylic acids is 1. The lowest BCUT2D eigenvalue weighted by Gasteiger charge is -2.25. The molecule has 0 aliphatic carbocycles. The molecule has 3 aromatic rings. The highest BCUT2D eigenvalue weighted by molar-refractivity contribution is 6.51. The standard InChI is InChI=1S/C30H32BN3O7/c1-19(2)16-26(31-40-25(18-27(35)36)30(39)41-31)34-29(38)24(17-20-10-5-3-6-11-20)33-28(37)23-15-9-14-22(32-23)21-12-7-4-8-13-21/h3-15,19,24-26H,16-18H2,1-2H3,(H,33,37)(H,34,38)(H,35,36)/t24-,25-,26-/m0/s1. The van der Waals surface area contributed by atoms with Gasteiger partial charge in [-0.3, -0.25) is 19.2 Å². The summed E-state index contributed by atoms with van der Waals surface area (Å²) in [5, 5.41) is 14.8. The van der Waals surface area contributed by atoms with Crippen molar-refractivity contribution in [3.05, 3.63) is 90.1 Å². The van der Waals surface area contributed by atoms with Gasteiger partial charge in [0.2, 0.25) is 5.91 Å². The number of nitrogens with one attached hydrogen (secondary N) is 2. The first kappa shape index (κ1) is 29.5. The Bertz CT molecular complexity index is 1370. The third kappa shape index (κ3) is 8.25. The first-order valence-corrected chi connectivity index (χ1v) is 13.4. The van der Waals surface area contributed by atoms with E-state index in [9.17, 15) is 19.2 Å². The third-order valence-corrected chi connectivity index (χ3v) is 6.49. The zero-order chi connectivity index (χ0) is 29.4. The minimum absolute atomic E-state index is 0.0771. The maximum absolute atomic E-state index is 13.7. The molecule has 0 bridgehead atoms. The quantitative estimate of drug-likeness (QED) is 0.289. The van der Waals surface area contributed by atoms with Crippen LogP contribution in [0.1, 0.15) is 42.7 Å². The molecule has 2 amide bonds. The van der Waals surface area contributed by atoms with E-state index in [0.717, 1.165) is 11.1 Å². The number of carboxylic acid groups (broad SMARTS) is 1. The molecule has 1 aliphatic rings. The van der Waals surface area contributed by atoms with Gasteiger partial charge in [0.25, 0.3) is 5.91 Å². The highest BCUT2D eigenvalue weighted by atomic mass is 16.7. The molecular formula is C30H32BN3O7. The molecule has 1 aliphatic heterocycles. The van der Waals surface area contributed by atoms with E-state index < -0.39 is 55.4 Å². The van der Waals surface area contributed by atoms with Gasteiger partial charge in [0.05, 0.1) is 18.1 Å². The molecule has 10 nitrogen and oxygen atoms in total. The van der Waals surface area contributed by atoms with Crippen molar-refractivity contribution in [2.45, 2.75) is 51.2 Å². The van der Waals surface area contributed by atoms with E-state index in [4.69, 9.17) is 14.4 Å². The molecule has 0 saturated carbocycles. The average molecular weight is 557 g/mol. The number of pyridine rings is 1. The predicted molar refractivity (Wildman–Crippen MR) is 151 cm³/mol. The van der Waals surface area contributed by atoms with Crippen molar-refractivity contribution in [2.75, 3.05) is 0 Å². The lowest BCUT2D eigenvalue weighted by atomic mass is 9.74. The Morgan fingerprint density at radius 2 is 1.63 bits per heavy atom. The summed E-state index contributed by atoms with van der Waals surface area (Å²) in [5.74, 6) is -3.71. The van der Waals surface area contributed by atoms with Gasteiger partial charge in [-0.25, -0.2) is 4.98 Å². The molecule has 0 unspecified atom stereocenters. The number of nitrogens with zero attached hydrogens (tertiary/aromatic N) is 1. The van der Waals surface area contributed by atoms with Crippen LogP contribution in [0.3, 0.4) is 0 Å². The Balaban J connectivity index is 1.54. The largest absolute Gasteiger partial charge is 0.552 e. The minimum Gasteiger partial charge on any atom is -0.506 e. The van der Waals surface area contributed by atoms with Crippen molar-refractivity contribution in [1.82, 2.24) is 15.6 Å². The smallest absolute Gasteiger partial charge is 0.506 e. The number of hydrogen-bond donors (Lipinski definition) is 3. The molecule has 3 N–H and O–H groups in total. The molecule has 2 aromatic carbocycles. The van der Waals surface area contributed by atoms with E-state index in [2.05, 4.69) is 15.6 Å². The van der Waals surface area contributed by atoms with Gasteiger partial charge < -0.3 is 25.0 Å². The second kappa shape index (κ2) is 13.7. The average Bonchev–Trinajstić information content (AvgIpc) is 3.32. The van der Waals surface area contributed by atoms with Crippen LogP contribution in [0.15, 0.2) is 78.9 Å². The number of aromatic nitrogens is 1. The van der Waals surface area contributed by atoms with E-state index in [1.807, 2.05) is 74.5 Å². The molecule has 2 heterocycles. The molecule has 1 fully saturated rings. The lowest BCUT2D eigenvalue weighted by Crippen LogP contribution is -2.55. The van der Waals surface area contributed by atoms with Gasteiger partial charge in [0.1, 0.15) is 11.7 Å². The molecule has 4 rings (SSSR count). The SMILES string of the molecule is CC(C)C[C@H](NC(=O)[C@H](Cc1ccccc1)NC(=O)c1cccc(-c2ccccc2)n1)B1OC(=O)[C@H](CC(=O)O)O1. The summed E-state index contributed by atoms with van der Waals surface area (Å²) in [6.07, 6.45) is -1.22. The Hall–Kier alpha value is -4.51. The van der Waals surface area contributed by atoms with Crippen molar-refractivity contribution in [3.8, 4) is 11.3 Å². The Kier molecular flexibility index (Phi) is 9.86. The van der Waals surface area contributed by atoms with Crippen molar-refractivity contribution >= 4 is 30.9 Å². The second-order valence-corrected chi connectivity index (χ2v) is 10.3. The summed E-state index contributed by atoms with van der Waals surface area (Å²) in [6.45, 7) is 3.86. The summed E-state index contributed by atoms with van der Waals surface area (Å²) >= 11 is 0. The van der Waals surface area contributed by atoms with Gasteiger partial charge in [-0.05, 0) is 30.0 Å². The molecule has 0 radical (unpaired) electrons. The van der Waals surface area contributed by atoms with E-state index in [1.54, 1.807) is 18.2 Å². The summed E-state index contributed by atoms with van der Waals surface area (Å²) in [7, 11) is -1.16. The number of carbonyl (C=O) groups excluding carboxylic acids is 3. The normalized spacial score (nSPS) is 16.1. The van der Waals surface area contributed by atoms with Crippen LogP contribution in [0.4, 0.5) is 0 Å². The van der Waals surface area contributed by atoms with Crippen molar-refractivity contribution in [3.63, 3.8) is 0 Å². The fraction of sp³-hybridized carbons (Fsp3) is 0.300. The second-order valence-electron chi connectivity index (χ2n) is 10.3. The number of carbonyl (C=O) groups is 4. The number of amides is 2. The minimum atomic E-state index is -1.26. The Morgan fingerprint density at radius 1 is 0.951 bits per heavy atom. The first-order valence-electron chi connectivity index (χ1n) is 13.4. The van der Waals surface area contributed by atoms with Crippen molar-refractivity contribution < 1.29 is 33.6 Å². The van der Waals surface area contributed by atoms with E-state index >= 15 is 0 Å². The maximum atomic E-state index is 13.7. The van der Waals surface area contributed by atoms with Crippen LogP contribution in [-0.2, 0) is 30.1 Å². The fourth-order valence-corrected chi connectivity index (χ4v) is 4.55. The van der Waals surface area contributed by atoms with Crippen LogP contribution < -0.4 is 10.6 Å². The highest BCUT2D eigenvalue weighted by Gasteiger charge is 2.47. The van der Waals surface area contributed by atoms with Crippen molar-refractivity contribution in [2.24, 2.45) is 5.92 Å². The number of benzene rings is 2. The molecule has 212 valence electrons. The van der Waals surface area contributed by atoms with E-state index in [0.29, 0.717) is 12.1 Å². The van der Waals surface area contributed by atoms with Crippen LogP contribution in [-0.4, -0.2) is 59.0 Å². The van der Waals surface area contributed by atoms with Crippen LogP contribution in [0.5, 0.6) is 0 Å². The van der Waals surface area contributed by atoms with Crippen LogP contribution in [0, 0.1) is 5.92 Å². The monoisotopic (exact) mass is 557 g/mol. The number of hydrogen-bond acceptors (Lipinski definition) is 7. The molecule has 11 heteroatoms. The molecule has 41 heavy (non-hydrogen) atoms. The van der Waals surface area contributed by atoms with Crippen molar-refractivity contribution in [1.29, 1.82) is 0 Å². The van der Waals surface area contributed by atoms with E-state index in [-0.39, 0.29) is 18.0 Å². The summed E-state index contributed by atoms with van der Waals surface area (Å²) in [6, 6.07) is 22.8. The van der Waals surface area contributed by atoms with Gasteiger partial charge in [-0.15, -0.1) is 0 Å². The summed E-state index contributed by atoms with van der Waals surface area (Å²) in [4.78, 5) is 54.8. The molecule has 1 aromatic heterocycles. The predicted octanol–water partition coefficient (Wildman–Crippen LogP) is 3.06. The van der Waals surface area contributed by atoms with Gasteiger partial charge in [0.15, 0.2) is 6.10 Å². The number of rotatable bonds is 12. The van der Waals surface area contributed by atoms with E-state index in [1.165, 1.54) is 0 Å². The van der Waals surface area contributed by atoms with Crippen LogP contribution in [0.25, 0.3) is 11.3 Å². The van der Waals surface area contributed by atoms with Gasteiger partial charge in [-0.2, -0.15) is 0 Å². The third-order valence-electron chi connectivity index (χ3n) is 6.49. The summed E-state index contributed by atoms with van der Waals surface area (Å²) < 4.78 is 10.9. The zero-order valence-electron chi connectivity index (χ0n) is 22.9. The van der Waals surface area contributed by atoms with Gasteiger partial charge in [0, 0.05) is 12.0 Å². The van der Waals surface area contributed by atoms with Crippen LogP contribution >= 0.6 is 0 Å². The molecule has 3 atom stereocenters. The summed E-state index contributed by atoms with van der Waals surface area (Å²) in [5.41, 5.74) is 2.45. The molecule has 1 saturated heterocycles. The maximum Gasteiger partial charge on any atom is 0.552 e. The first-order chi connectivity index (χ1) is 19.7. The van der Waals surface area contributed by atoms with Gasteiger partial charge >= 0.3 is 19.1 Å². The van der Waals surface area contributed by atoms with Crippen LogP contribution in [0.2, 0.25) is 0 Å². The lowest BCUT2D eigenvalue weighted by molar-refractivity contribution is -0.145. The zero-order valence-corrected chi connectivity index (χ0v) is 22.9. The highest BCUT2D eigenvalue weighted by Crippen LogP contribution is 2.20. The molecular weight excluding hydrogens is 525 g/mol. The Labute approximate surface area is 238 Å². The van der Waals surface area contributed by atoms with Gasteiger partial charge in [-0.1, -0.05) is 80.6 Å². The molecule has 0 spiro atoms. The topological polar surface area (TPSA) is 144 Å². The number of aliphatic carboxylic acids is 1. The Morgan fingerprint density at radius 3 is 2.29 bits per heavy atom. The fourth-order valence-electron chi connectivity index (χ4n) is 4.55.